The maximum atomic E-state index is 12.4. The van der Waals surface area contributed by atoms with E-state index in [1.54, 1.807) is 30.3 Å². The third kappa shape index (κ3) is 5.25. The predicted molar refractivity (Wildman–Crippen MR) is 117 cm³/mol. The van der Waals surface area contributed by atoms with Crippen molar-refractivity contribution in [3.8, 4) is 5.75 Å². The molecule has 0 atom stereocenters. The Balaban J connectivity index is 1.60. The van der Waals surface area contributed by atoms with Gasteiger partial charge in [-0.15, -0.1) is 0 Å². The first kappa shape index (κ1) is 21.1. The summed E-state index contributed by atoms with van der Waals surface area (Å²) in [6.45, 7) is 6.21. The smallest absolute Gasteiger partial charge is 0.291 e. The molecule has 3 aromatic rings. The molecule has 5 nitrogen and oxygen atoms in total. The molecule has 0 aliphatic rings. The zero-order valence-electron chi connectivity index (χ0n) is 16.2. The first-order chi connectivity index (χ1) is 14.0. The molecule has 29 heavy (non-hydrogen) atoms. The van der Waals surface area contributed by atoms with Gasteiger partial charge in [0.1, 0.15) is 23.1 Å². The maximum absolute atomic E-state index is 12.4. The Kier molecular flexibility index (Phi) is 7.07. The van der Waals surface area contributed by atoms with Gasteiger partial charge in [-0.25, -0.2) is 0 Å². The van der Waals surface area contributed by atoms with Crippen LogP contribution < -0.4 is 15.0 Å². The molecule has 7 heteroatoms. The zero-order valence-corrected chi connectivity index (χ0v) is 17.8. The van der Waals surface area contributed by atoms with Crippen LogP contribution in [0.2, 0.25) is 10.0 Å². The van der Waals surface area contributed by atoms with E-state index in [-0.39, 0.29) is 18.3 Å². The molecule has 0 spiro atoms. The molecule has 2 aromatic carbocycles. The number of halogens is 2. The summed E-state index contributed by atoms with van der Waals surface area (Å²) in [5, 5.41) is 3.59. The van der Waals surface area contributed by atoms with E-state index in [1.807, 2.05) is 24.3 Å². The molecule has 0 saturated carbocycles. The van der Waals surface area contributed by atoms with E-state index in [9.17, 15) is 4.79 Å². The fourth-order valence-electron chi connectivity index (χ4n) is 2.86. The van der Waals surface area contributed by atoms with E-state index in [0.717, 1.165) is 18.8 Å². The number of carbonyl (C=O) groups is 1. The van der Waals surface area contributed by atoms with Crippen molar-refractivity contribution in [2.45, 2.75) is 20.5 Å². The molecule has 0 saturated heterocycles. The Bertz CT molecular complexity index is 966. The number of rotatable bonds is 8. The van der Waals surface area contributed by atoms with Crippen LogP contribution in [0.4, 0.5) is 11.4 Å². The summed E-state index contributed by atoms with van der Waals surface area (Å²) in [4.78, 5) is 14.7. The van der Waals surface area contributed by atoms with Crippen molar-refractivity contribution in [1.29, 1.82) is 0 Å². The van der Waals surface area contributed by atoms with Gasteiger partial charge in [0.15, 0.2) is 5.76 Å². The van der Waals surface area contributed by atoms with Crippen molar-refractivity contribution in [3.63, 3.8) is 0 Å². The molecule has 0 radical (unpaired) electrons. The lowest BCUT2D eigenvalue weighted by molar-refractivity contribution is 0.0992. The van der Waals surface area contributed by atoms with Crippen molar-refractivity contribution < 1.29 is 13.9 Å². The molecule has 1 aromatic heterocycles. The van der Waals surface area contributed by atoms with Crippen molar-refractivity contribution in [2.24, 2.45) is 0 Å². The van der Waals surface area contributed by atoms with Gasteiger partial charge in [-0.05, 0) is 62.4 Å². The number of furan rings is 1. The molecule has 1 N–H and O–H groups in total. The zero-order chi connectivity index (χ0) is 20.8. The van der Waals surface area contributed by atoms with Crippen LogP contribution in [0.15, 0.2) is 59.0 Å². The summed E-state index contributed by atoms with van der Waals surface area (Å²) in [6.07, 6.45) is 0. The molecule has 0 aliphatic heterocycles. The lowest BCUT2D eigenvalue weighted by Gasteiger charge is -2.21. The number of hydrogen-bond acceptors (Lipinski definition) is 4. The van der Waals surface area contributed by atoms with Crippen molar-refractivity contribution >= 4 is 40.5 Å². The third-order valence-electron chi connectivity index (χ3n) is 4.43. The van der Waals surface area contributed by atoms with E-state index in [0.29, 0.717) is 27.2 Å². The van der Waals surface area contributed by atoms with Crippen molar-refractivity contribution in [1.82, 2.24) is 0 Å². The van der Waals surface area contributed by atoms with Gasteiger partial charge < -0.3 is 19.4 Å². The average Bonchev–Trinajstić information content (AvgIpc) is 3.20. The minimum absolute atomic E-state index is 0.131. The second-order valence-electron chi connectivity index (χ2n) is 6.28. The molecular formula is C22H22Cl2N2O3. The maximum Gasteiger partial charge on any atom is 0.291 e. The van der Waals surface area contributed by atoms with E-state index >= 15 is 0 Å². The predicted octanol–water partition coefficient (Wildman–Crippen LogP) is 6.26. The summed E-state index contributed by atoms with van der Waals surface area (Å²) >= 11 is 12.1. The number of amides is 1. The van der Waals surface area contributed by atoms with Crippen LogP contribution in [0.3, 0.4) is 0 Å². The lowest BCUT2D eigenvalue weighted by Crippen LogP contribution is -2.21. The highest BCUT2D eigenvalue weighted by atomic mass is 35.5. The summed E-state index contributed by atoms with van der Waals surface area (Å²) in [7, 11) is 0. The standard InChI is InChI=1S/C22H22Cl2N2O3/c1-3-26(4-2)16-10-8-15(9-11-16)25-22(27)20-13-12-17(29-20)14-28-19-7-5-6-18(23)21(19)24/h5-13H,3-4,14H2,1-2H3,(H,25,27). The van der Waals surface area contributed by atoms with Crippen LogP contribution in [-0.4, -0.2) is 19.0 Å². The van der Waals surface area contributed by atoms with Gasteiger partial charge in [0, 0.05) is 24.5 Å². The minimum Gasteiger partial charge on any atom is -0.484 e. The number of anilines is 2. The van der Waals surface area contributed by atoms with E-state index < -0.39 is 0 Å². The van der Waals surface area contributed by atoms with Gasteiger partial charge in [0.25, 0.3) is 5.91 Å². The normalized spacial score (nSPS) is 10.6. The fraction of sp³-hybridized carbons (Fsp3) is 0.227. The average molecular weight is 433 g/mol. The Hall–Kier alpha value is -2.63. The Labute approximate surface area is 180 Å². The monoisotopic (exact) mass is 432 g/mol. The molecule has 1 amide bonds. The lowest BCUT2D eigenvalue weighted by atomic mass is 10.2. The Morgan fingerprint density at radius 3 is 2.45 bits per heavy atom. The SMILES string of the molecule is CCN(CC)c1ccc(NC(=O)c2ccc(COc3cccc(Cl)c3Cl)o2)cc1. The largest absolute Gasteiger partial charge is 0.484 e. The molecule has 0 fully saturated rings. The van der Waals surface area contributed by atoms with Gasteiger partial charge >= 0.3 is 0 Å². The summed E-state index contributed by atoms with van der Waals surface area (Å²) in [5.41, 5.74) is 1.82. The first-order valence-corrected chi connectivity index (χ1v) is 10.1. The van der Waals surface area contributed by atoms with Gasteiger partial charge in [0.2, 0.25) is 0 Å². The Morgan fingerprint density at radius 1 is 1.03 bits per heavy atom. The van der Waals surface area contributed by atoms with E-state index in [2.05, 4.69) is 24.1 Å². The van der Waals surface area contributed by atoms with Crippen molar-refractivity contribution in [3.05, 3.63) is 76.2 Å². The van der Waals surface area contributed by atoms with E-state index in [4.69, 9.17) is 32.4 Å². The molecular weight excluding hydrogens is 411 g/mol. The van der Waals surface area contributed by atoms with Crippen LogP contribution in [0.25, 0.3) is 0 Å². The van der Waals surface area contributed by atoms with Crippen LogP contribution in [0, 0.1) is 0 Å². The molecule has 0 bridgehead atoms. The topological polar surface area (TPSA) is 54.7 Å². The molecule has 0 unspecified atom stereocenters. The van der Waals surface area contributed by atoms with Gasteiger partial charge in [-0.3, -0.25) is 4.79 Å². The highest BCUT2D eigenvalue weighted by Gasteiger charge is 2.13. The number of nitrogens with zero attached hydrogens (tertiary/aromatic N) is 1. The van der Waals surface area contributed by atoms with Crippen LogP contribution in [0.1, 0.15) is 30.2 Å². The van der Waals surface area contributed by atoms with Crippen LogP contribution in [0.5, 0.6) is 5.75 Å². The Morgan fingerprint density at radius 2 is 1.76 bits per heavy atom. The van der Waals surface area contributed by atoms with Gasteiger partial charge in [-0.1, -0.05) is 29.3 Å². The molecule has 3 rings (SSSR count). The summed E-state index contributed by atoms with van der Waals surface area (Å²) in [6, 6.07) is 16.2. The fourth-order valence-corrected chi connectivity index (χ4v) is 3.21. The first-order valence-electron chi connectivity index (χ1n) is 9.33. The van der Waals surface area contributed by atoms with Gasteiger partial charge in [-0.2, -0.15) is 0 Å². The van der Waals surface area contributed by atoms with Crippen LogP contribution >= 0.6 is 23.2 Å². The van der Waals surface area contributed by atoms with E-state index in [1.165, 1.54) is 0 Å². The summed E-state index contributed by atoms with van der Waals surface area (Å²) < 4.78 is 11.2. The van der Waals surface area contributed by atoms with Crippen molar-refractivity contribution in [2.75, 3.05) is 23.3 Å². The quantitative estimate of drug-likeness (QED) is 0.455. The molecule has 0 aliphatic carbocycles. The number of benzene rings is 2. The van der Waals surface area contributed by atoms with Crippen LogP contribution in [-0.2, 0) is 6.61 Å². The number of ether oxygens (including phenoxy) is 1. The second-order valence-corrected chi connectivity index (χ2v) is 7.07. The number of carbonyl (C=O) groups excluding carboxylic acids is 1. The highest BCUT2D eigenvalue weighted by Crippen LogP contribution is 2.32. The molecule has 1 heterocycles. The third-order valence-corrected chi connectivity index (χ3v) is 5.23. The van der Waals surface area contributed by atoms with Gasteiger partial charge in [0.05, 0.1) is 5.02 Å². The summed E-state index contributed by atoms with van der Waals surface area (Å²) in [5.74, 6) is 0.833. The highest BCUT2D eigenvalue weighted by molar-refractivity contribution is 6.42. The number of nitrogens with one attached hydrogen (secondary N) is 1. The molecule has 152 valence electrons. The number of hydrogen-bond donors (Lipinski definition) is 1. The second kappa shape index (κ2) is 9.72. The minimum atomic E-state index is -0.326.